The normalized spacial score (nSPS) is 28.0. The largest absolute Gasteiger partial charge is 0.303 e. The summed E-state index contributed by atoms with van der Waals surface area (Å²) >= 11 is 0. The molecule has 0 spiro atoms. The topological polar surface area (TPSA) is 17.1 Å². The van der Waals surface area contributed by atoms with Gasteiger partial charge >= 0.3 is 0 Å². The van der Waals surface area contributed by atoms with Gasteiger partial charge in [0, 0.05) is 5.92 Å². The minimum absolute atomic E-state index is 0.303. The number of carbonyl (C=O) groups excluding carboxylic acids is 1. The third-order valence-corrected chi connectivity index (χ3v) is 2.24. The first kappa shape index (κ1) is 6.59. The lowest BCUT2D eigenvalue weighted by Crippen LogP contribution is -1.82. The Morgan fingerprint density at radius 2 is 2.00 bits per heavy atom. The average molecular weight is 146 g/mol. The molecule has 1 aliphatic carbocycles. The first-order chi connectivity index (χ1) is 5.42. The molecule has 0 aliphatic heterocycles. The van der Waals surface area contributed by atoms with E-state index in [1.165, 1.54) is 5.56 Å². The van der Waals surface area contributed by atoms with Gasteiger partial charge in [0.15, 0.2) is 0 Å². The summed E-state index contributed by atoms with van der Waals surface area (Å²) in [7, 11) is 0. The Labute approximate surface area is 66.0 Å². The molecule has 1 saturated carbocycles. The molecule has 0 N–H and O–H groups in total. The number of benzene rings is 1. The first-order valence-corrected chi connectivity index (χ1v) is 3.92. The Balaban J connectivity index is 2.14. The lowest BCUT2D eigenvalue weighted by molar-refractivity contribution is -0.108. The highest BCUT2D eigenvalue weighted by Crippen LogP contribution is 2.45. The molecule has 2 atom stereocenters. The summed E-state index contributed by atoms with van der Waals surface area (Å²) in [5, 5.41) is 0. The SMILES string of the molecule is O=C[C@H]1C[C@@H]1c1ccccc1. The van der Waals surface area contributed by atoms with E-state index in [1.54, 1.807) is 0 Å². The Kier molecular flexibility index (Phi) is 1.50. The molecule has 1 heteroatoms. The first-order valence-electron chi connectivity index (χ1n) is 3.92. The lowest BCUT2D eigenvalue weighted by Gasteiger charge is -1.94. The molecule has 1 fully saturated rings. The van der Waals surface area contributed by atoms with Crippen LogP contribution in [0.2, 0.25) is 0 Å². The second kappa shape index (κ2) is 2.50. The van der Waals surface area contributed by atoms with Crippen molar-refractivity contribution in [2.45, 2.75) is 12.3 Å². The summed E-state index contributed by atoms with van der Waals surface area (Å²) in [6.45, 7) is 0. The summed E-state index contributed by atoms with van der Waals surface area (Å²) in [6.07, 6.45) is 2.12. The van der Waals surface area contributed by atoms with Crippen LogP contribution in [0.3, 0.4) is 0 Å². The minimum atomic E-state index is 0.303. The molecule has 0 radical (unpaired) electrons. The van der Waals surface area contributed by atoms with Gasteiger partial charge in [-0.3, -0.25) is 0 Å². The summed E-state index contributed by atoms with van der Waals surface area (Å²) in [5.74, 6) is 0.825. The van der Waals surface area contributed by atoms with E-state index in [2.05, 4.69) is 12.1 Å². The van der Waals surface area contributed by atoms with E-state index in [4.69, 9.17) is 0 Å². The fourth-order valence-corrected chi connectivity index (χ4v) is 1.45. The van der Waals surface area contributed by atoms with Crippen molar-refractivity contribution in [3.05, 3.63) is 35.9 Å². The van der Waals surface area contributed by atoms with Crippen molar-refractivity contribution in [3.8, 4) is 0 Å². The van der Waals surface area contributed by atoms with Crippen LogP contribution >= 0.6 is 0 Å². The van der Waals surface area contributed by atoms with Crippen LogP contribution in [0.4, 0.5) is 0 Å². The summed E-state index contributed by atoms with van der Waals surface area (Å²) in [5.41, 5.74) is 1.31. The van der Waals surface area contributed by atoms with Crippen molar-refractivity contribution in [3.63, 3.8) is 0 Å². The van der Waals surface area contributed by atoms with Crippen molar-refractivity contribution in [1.82, 2.24) is 0 Å². The van der Waals surface area contributed by atoms with Gasteiger partial charge in [0.25, 0.3) is 0 Å². The second-order valence-electron chi connectivity index (χ2n) is 3.05. The van der Waals surface area contributed by atoms with E-state index < -0.39 is 0 Å². The number of aldehydes is 1. The molecule has 11 heavy (non-hydrogen) atoms. The number of rotatable bonds is 2. The summed E-state index contributed by atoms with van der Waals surface area (Å²) in [6, 6.07) is 10.2. The number of carbonyl (C=O) groups is 1. The van der Waals surface area contributed by atoms with Gasteiger partial charge in [-0.1, -0.05) is 30.3 Å². The zero-order valence-corrected chi connectivity index (χ0v) is 6.23. The van der Waals surface area contributed by atoms with E-state index in [0.29, 0.717) is 11.8 Å². The van der Waals surface area contributed by atoms with Gasteiger partial charge in [-0.05, 0) is 17.9 Å². The Morgan fingerprint density at radius 1 is 1.27 bits per heavy atom. The van der Waals surface area contributed by atoms with Gasteiger partial charge in [-0.25, -0.2) is 0 Å². The van der Waals surface area contributed by atoms with Crippen LogP contribution in [-0.2, 0) is 4.79 Å². The van der Waals surface area contributed by atoms with E-state index >= 15 is 0 Å². The highest BCUT2D eigenvalue weighted by atomic mass is 16.1. The molecule has 1 aromatic rings. The second-order valence-corrected chi connectivity index (χ2v) is 3.05. The zero-order chi connectivity index (χ0) is 7.68. The van der Waals surface area contributed by atoms with E-state index in [0.717, 1.165) is 12.7 Å². The molecule has 0 bridgehead atoms. The van der Waals surface area contributed by atoms with E-state index in [9.17, 15) is 4.79 Å². The molecular weight excluding hydrogens is 136 g/mol. The molecular formula is C10H10O. The van der Waals surface area contributed by atoms with Crippen molar-refractivity contribution in [2.75, 3.05) is 0 Å². The van der Waals surface area contributed by atoms with Gasteiger partial charge in [-0.15, -0.1) is 0 Å². The molecule has 1 nitrogen and oxygen atoms in total. The predicted octanol–water partition coefficient (Wildman–Crippen LogP) is 1.99. The Hall–Kier alpha value is -1.11. The zero-order valence-electron chi connectivity index (χ0n) is 6.23. The highest BCUT2D eigenvalue weighted by molar-refractivity contribution is 5.61. The minimum Gasteiger partial charge on any atom is -0.303 e. The Morgan fingerprint density at radius 3 is 2.55 bits per heavy atom. The van der Waals surface area contributed by atoms with Crippen LogP contribution in [0.15, 0.2) is 30.3 Å². The number of hydrogen-bond donors (Lipinski definition) is 0. The quantitative estimate of drug-likeness (QED) is 0.583. The van der Waals surface area contributed by atoms with Crippen LogP contribution in [0.5, 0.6) is 0 Å². The van der Waals surface area contributed by atoms with Gasteiger partial charge in [0.1, 0.15) is 6.29 Å². The maximum Gasteiger partial charge on any atom is 0.123 e. The highest BCUT2D eigenvalue weighted by Gasteiger charge is 2.37. The molecule has 1 aliphatic rings. The fraction of sp³-hybridized carbons (Fsp3) is 0.300. The van der Waals surface area contributed by atoms with Crippen molar-refractivity contribution in [2.24, 2.45) is 5.92 Å². The molecule has 0 amide bonds. The molecule has 2 rings (SSSR count). The predicted molar refractivity (Wildman–Crippen MR) is 43.4 cm³/mol. The molecule has 1 aromatic carbocycles. The van der Waals surface area contributed by atoms with Crippen LogP contribution < -0.4 is 0 Å². The van der Waals surface area contributed by atoms with Crippen LogP contribution in [0, 0.1) is 5.92 Å². The van der Waals surface area contributed by atoms with Crippen molar-refractivity contribution in [1.29, 1.82) is 0 Å². The maximum absolute atomic E-state index is 10.4. The maximum atomic E-state index is 10.4. The monoisotopic (exact) mass is 146 g/mol. The number of hydrogen-bond acceptors (Lipinski definition) is 1. The molecule has 0 unspecified atom stereocenters. The van der Waals surface area contributed by atoms with E-state index in [1.807, 2.05) is 18.2 Å². The van der Waals surface area contributed by atoms with Gasteiger partial charge in [0.2, 0.25) is 0 Å². The third kappa shape index (κ3) is 1.18. The third-order valence-electron chi connectivity index (χ3n) is 2.24. The lowest BCUT2D eigenvalue weighted by atomic mass is 10.1. The molecule has 0 heterocycles. The van der Waals surface area contributed by atoms with Gasteiger partial charge < -0.3 is 4.79 Å². The molecule has 56 valence electrons. The van der Waals surface area contributed by atoms with Crippen LogP contribution in [0.1, 0.15) is 17.9 Å². The Bertz CT molecular complexity index is 253. The smallest absolute Gasteiger partial charge is 0.123 e. The molecule has 0 aromatic heterocycles. The van der Waals surface area contributed by atoms with E-state index in [-0.39, 0.29) is 0 Å². The van der Waals surface area contributed by atoms with Crippen molar-refractivity contribution < 1.29 is 4.79 Å². The summed E-state index contributed by atoms with van der Waals surface area (Å²) in [4.78, 5) is 10.4. The average Bonchev–Trinajstić information content (AvgIpc) is 2.85. The van der Waals surface area contributed by atoms with Crippen molar-refractivity contribution >= 4 is 6.29 Å². The standard InChI is InChI=1S/C10H10O/c11-7-9-6-10(9)8-4-2-1-3-5-8/h1-5,7,9-10H,6H2/t9-,10-/m1/s1. The van der Waals surface area contributed by atoms with Crippen LogP contribution in [0.25, 0.3) is 0 Å². The fourth-order valence-electron chi connectivity index (χ4n) is 1.45. The van der Waals surface area contributed by atoms with Gasteiger partial charge in [0.05, 0.1) is 0 Å². The van der Waals surface area contributed by atoms with Crippen LogP contribution in [-0.4, -0.2) is 6.29 Å². The van der Waals surface area contributed by atoms with Gasteiger partial charge in [-0.2, -0.15) is 0 Å². The summed E-state index contributed by atoms with van der Waals surface area (Å²) < 4.78 is 0. The molecule has 0 saturated heterocycles.